The fourth-order valence-electron chi connectivity index (χ4n) is 2.20. The van der Waals surface area contributed by atoms with E-state index in [2.05, 4.69) is 9.97 Å². The molecule has 0 amide bonds. The van der Waals surface area contributed by atoms with E-state index in [1.165, 1.54) is 0 Å². The Balaban J connectivity index is 2.17. The van der Waals surface area contributed by atoms with Gasteiger partial charge in [0.2, 0.25) is 0 Å². The average Bonchev–Trinajstić information content (AvgIpc) is 2.55. The fraction of sp³-hybridized carbons (Fsp3) is 0.0588. The van der Waals surface area contributed by atoms with Crippen LogP contribution in [0.2, 0.25) is 0 Å². The fourth-order valence-corrected chi connectivity index (χ4v) is 2.41. The number of ether oxygens (including phenoxy) is 1. The molecule has 0 aliphatic heterocycles. The molecule has 1 heterocycles. The molecule has 3 aromatic rings. The SMILES string of the molecule is COc1ccccc1-c1cc(=S)nc(-c2ccccc2)[nH]1. The summed E-state index contributed by atoms with van der Waals surface area (Å²) in [4.78, 5) is 7.74. The molecule has 2 aromatic carbocycles. The van der Waals surface area contributed by atoms with Crippen LogP contribution in [0, 0.1) is 4.64 Å². The summed E-state index contributed by atoms with van der Waals surface area (Å²) in [6.45, 7) is 0. The summed E-state index contributed by atoms with van der Waals surface area (Å²) < 4.78 is 5.96. The van der Waals surface area contributed by atoms with E-state index < -0.39 is 0 Å². The highest BCUT2D eigenvalue weighted by Crippen LogP contribution is 2.29. The highest BCUT2D eigenvalue weighted by atomic mass is 32.1. The second kappa shape index (κ2) is 5.89. The molecule has 0 fully saturated rings. The summed E-state index contributed by atoms with van der Waals surface area (Å²) in [5.74, 6) is 1.55. The summed E-state index contributed by atoms with van der Waals surface area (Å²) in [6.07, 6.45) is 0. The lowest BCUT2D eigenvalue weighted by Crippen LogP contribution is -1.94. The minimum absolute atomic E-state index is 0.550. The molecule has 4 heteroatoms. The number of benzene rings is 2. The smallest absolute Gasteiger partial charge is 0.139 e. The van der Waals surface area contributed by atoms with Crippen molar-refractivity contribution in [3.05, 3.63) is 65.3 Å². The number of para-hydroxylation sites is 1. The summed E-state index contributed by atoms with van der Waals surface area (Å²) in [7, 11) is 1.66. The van der Waals surface area contributed by atoms with Gasteiger partial charge < -0.3 is 9.72 Å². The van der Waals surface area contributed by atoms with E-state index in [9.17, 15) is 0 Å². The summed E-state index contributed by atoms with van der Waals surface area (Å²) in [5.41, 5.74) is 2.86. The largest absolute Gasteiger partial charge is 0.496 e. The monoisotopic (exact) mass is 294 g/mol. The third-order valence-corrected chi connectivity index (χ3v) is 3.40. The number of nitrogens with one attached hydrogen (secondary N) is 1. The Morgan fingerprint density at radius 2 is 1.71 bits per heavy atom. The minimum Gasteiger partial charge on any atom is -0.496 e. The first-order valence-corrected chi connectivity index (χ1v) is 6.99. The van der Waals surface area contributed by atoms with Gasteiger partial charge in [-0.1, -0.05) is 54.7 Å². The van der Waals surface area contributed by atoms with E-state index >= 15 is 0 Å². The van der Waals surface area contributed by atoms with Crippen molar-refractivity contribution in [1.82, 2.24) is 9.97 Å². The van der Waals surface area contributed by atoms with Gasteiger partial charge in [0.1, 0.15) is 16.2 Å². The first-order chi connectivity index (χ1) is 10.3. The van der Waals surface area contributed by atoms with E-state index in [0.29, 0.717) is 4.64 Å². The van der Waals surface area contributed by atoms with Crippen molar-refractivity contribution in [2.75, 3.05) is 7.11 Å². The van der Waals surface area contributed by atoms with Crippen LogP contribution in [-0.2, 0) is 0 Å². The van der Waals surface area contributed by atoms with Gasteiger partial charge in [-0.3, -0.25) is 0 Å². The van der Waals surface area contributed by atoms with Crippen LogP contribution in [0.1, 0.15) is 0 Å². The van der Waals surface area contributed by atoms with Crippen molar-refractivity contribution in [1.29, 1.82) is 0 Å². The van der Waals surface area contributed by atoms with Crippen LogP contribution in [0.4, 0.5) is 0 Å². The molecule has 0 radical (unpaired) electrons. The predicted octanol–water partition coefficient (Wildman–Crippen LogP) is 4.48. The molecule has 0 aliphatic carbocycles. The van der Waals surface area contributed by atoms with Crippen molar-refractivity contribution in [2.45, 2.75) is 0 Å². The normalized spacial score (nSPS) is 10.3. The number of hydrogen-bond acceptors (Lipinski definition) is 3. The molecule has 3 rings (SSSR count). The van der Waals surface area contributed by atoms with Crippen molar-refractivity contribution in [2.24, 2.45) is 0 Å². The Morgan fingerprint density at radius 3 is 2.48 bits per heavy atom. The Kier molecular flexibility index (Phi) is 3.79. The highest BCUT2D eigenvalue weighted by Gasteiger charge is 2.08. The van der Waals surface area contributed by atoms with Crippen molar-refractivity contribution >= 4 is 12.2 Å². The molecule has 0 saturated heterocycles. The second-order valence-corrected chi connectivity index (χ2v) is 4.97. The number of nitrogens with zero attached hydrogens (tertiary/aromatic N) is 1. The van der Waals surface area contributed by atoms with Crippen molar-refractivity contribution in [3.8, 4) is 28.4 Å². The molecule has 3 nitrogen and oxygen atoms in total. The Labute approximate surface area is 128 Å². The molecule has 0 aliphatic rings. The van der Waals surface area contributed by atoms with E-state index in [4.69, 9.17) is 17.0 Å². The number of H-pyrrole nitrogens is 1. The lowest BCUT2D eigenvalue weighted by Gasteiger charge is -2.10. The van der Waals surface area contributed by atoms with Gasteiger partial charge in [-0.15, -0.1) is 0 Å². The van der Waals surface area contributed by atoms with Crippen LogP contribution >= 0.6 is 12.2 Å². The molecule has 1 aromatic heterocycles. The third kappa shape index (κ3) is 2.85. The van der Waals surface area contributed by atoms with Crippen molar-refractivity contribution in [3.63, 3.8) is 0 Å². The molecule has 1 N–H and O–H groups in total. The molecule has 104 valence electrons. The zero-order valence-electron chi connectivity index (χ0n) is 11.5. The summed E-state index contributed by atoms with van der Waals surface area (Å²) in [6, 6.07) is 19.6. The Morgan fingerprint density at radius 1 is 1.00 bits per heavy atom. The minimum atomic E-state index is 0.550. The number of hydrogen-bond donors (Lipinski definition) is 1. The van der Waals surface area contributed by atoms with Gasteiger partial charge in [-0.2, -0.15) is 0 Å². The van der Waals surface area contributed by atoms with Crippen LogP contribution in [0.5, 0.6) is 5.75 Å². The zero-order valence-corrected chi connectivity index (χ0v) is 12.4. The quantitative estimate of drug-likeness (QED) is 0.724. The van der Waals surface area contributed by atoms with Crippen LogP contribution in [0.3, 0.4) is 0 Å². The number of aromatic amines is 1. The molecule has 0 unspecified atom stereocenters. The number of methoxy groups -OCH3 is 1. The van der Waals surface area contributed by atoms with Gasteiger partial charge in [0.15, 0.2) is 0 Å². The number of aromatic nitrogens is 2. The third-order valence-electron chi connectivity index (χ3n) is 3.19. The van der Waals surface area contributed by atoms with E-state index in [1.807, 2.05) is 60.7 Å². The first-order valence-electron chi connectivity index (χ1n) is 6.58. The molecular formula is C17H14N2OS. The molecule has 0 bridgehead atoms. The molecule has 0 atom stereocenters. The van der Waals surface area contributed by atoms with E-state index in [0.717, 1.165) is 28.4 Å². The molecule has 0 spiro atoms. The molecule has 0 saturated carbocycles. The number of rotatable bonds is 3. The van der Waals surface area contributed by atoms with Gasteiger partial charge in [-0.05, 0) is 18.2 Å². The van der Waals surface area contributed by atoms with Gasteiger partial charge in [0.25, 0.3) is 0 Å². The van der Waals surface area contributed by atoms with Gasteiger partial charge in [0.05, 0.1) is 12.8 Å². The van der Waals surface area contributed by atoms with Gasteiger partial charge in [0, 0.05) is 11.1 Å². The summed E-state index contributed by atoms with van der Waals surface area (Å²) >= 11 is 5.29. The standard InChI is InChI=1S/C17H14N2OS/c1-20-15-10-6-5-9-13(15)14-11-16(21)19-17(18-14)12-7-3-2-4-8-12/h2-11H,1H3,(H,18,19,21). The topological polar surface area (TPSA) is 37.9 Å². The maximum absolute atomic E-state index is 5.41. The lowest BCUT2D eigenvalue weighted by atomic mass is 10.1. The maximum atomic E-state index is 5.41. The Hall–Kier alpha value is -2.46. The van der Waals surface area contributed by atoms with Gasteiger partial charge in [-0.25, -0.2) is 4.98 Å². The predicted molar refractivity (Wildman–Crippen MR) is 86.8 cm³/mol. The zero-order chi connectivity index (χ0) is 14.7. The second-order valence-electron chi connectivity index (χ2n) is 4.55. The van der Waals surface area contributed by atoms with Crippen LogP contribution in [0.25, 0.3) is 22.6 Å². The van der Waals surface area contributed by atoms with Crippen LogP contribution in [0.15, 0.2) is 60.7 Å². The van der Waals surface area contributed by atoms with Crippen LogP contribution < -0.4 is 4.74 Å². The molecule has 21 heavy (non-hydrogen) atoms. The average molecular weight is 294 g/mol. The van der Waals surface area contributed by atoms with Gasteiger partial charge >= 0.3 is 0 Å². The van der Waals surface area contributed by atoms with E-state index in [1.54, 1.807) is 7.11 Å². The van der Waals surface area contributed by atoms with Crippen molar-refractivity contribution < 1.29 is 4.74 Å². The highest BCUT2D eigenvalue weighted by molar-refractivity contribution is 7.71. The Bertz CT molecular complexity index is 812. The van der Waals surface area contributed by atoms with Crippen LogP contribution in [-0.4, -0.2) is 17.1 Å². The lowest BCUT2D eigenvalue weighted by molar-refractivity contribution is 0.416. The summed E-state index contributed by atoms with van der Waals surface area (Å²) in [5, 5.41) is 0. The maximum Gasteiger partial charge on any atom is 0.139 e. The first kappa shape index (κ1) is 13.5. The molecular weight excluding hydrogens is 280 g/mol. The van der Waals surface area contributed by atoms with E-state index in [-0.39, 0.29) is 0 Å².